The molecule has 2 rings (SSSR count). The number of rotatable bonds is 5. The van der Waals surface area contributed by atoms with Gasteiger partial charge in [0.15, 0.2) is 14.9 Å². The Labute approximate surface area is 146 Å². The molecule has 0 radical (unpaired) electrons. The summed E-state index contributed by atoms with van der Waals surface area (Å²) in [6.07, 6.45) is 3.99. The summed E-state index contributed by atoms with van der Waals surface area (Å²) >= 11 is 0. The Kier molecular flexibility index (Phi) is 5.91. The highest BCUT2D eigenvalue weighted by atomic mass is 32.2. The molecule has 0 unspecified atom stereocenters. The van der Waals surface area contributed by atoms with Crippen LogP contribution in [-0.2, 0) is 14.6 Å². The van der Waals surface area contributed by atoms with Crippen molar-refractivity contribution in [3.63, 3.8) is 0 Å². The highest BCUT2D eigenvalue weighted by Crippen LogP contribution is 2.26. The van der Waals surface area contributed by atoms with Crippen LogP contribution in [0.3, 0.4) is 0 Å². The number of sulfone groups is 1. The molecule has 1 aromatic heterocycles. The van der Waals surface area contributed by atoms with Crippen molar-refractivity contribution < 1.29 is 13.2 Å². The molecule has 0 spiro atoms. The predicted octanol–water partition coefficient (Wildman–Crippen LogP) is 3.30. The topological polar surface area (TPSA) is 59.5 Å². The fraction of sp³-hybridized carbons (Fsp3) is 0.722. The van der Waals surface area contributed by atoms with Crippen molar-refractivity contribution in [2.45, 2.75) is 63.3 Å². The van der Waals surface area contributed by atoms with E-state index in [4.69, 9.17) is 4.74 Å². The third-order valence-electron chi connectivity index (χ3n) is 4.27. The van der Waals surface area contributed by atoms with Crippen LogP contribution < -0.4 is 4.90 Å². The van der Waals surface area contributed by atoms with Crippen molar-refractivity contribution in [1.82, 2.24) is 4.98 Å². The van der Waals surface area contributed by atoms with Gasteiger partial charge in [0.1, 0.15) is 0 Å². The van der Waals surface area contributed by atoms with Crippen LogP contribution in [-0.4, -0.2) is 43.9 Å². The SMILES string of the molecule is CC(C)COC1CCN(c2ccc(S(=O)(=O)C(C)(C)C)nc2)CC1. The second-order valence-electron chi connectivity index (χ2n) is 7.88. The molecule has 1 aromatic rings. The molecule has 5 nitrogen and oxygen atoms in total. The van der Waals surface area contributed by atoms with Gasteiger partial charge in [-0.2, -0.15) is 0 Å². The van der Waals surface area contributed by atoms with Crippen molar-refractivity contribution >= 4 is 15.5 Å². The summed E-state index contributed by atoms with van der Waals surface area (Å²) < 4.78 is 29.9. The number of aromatic nitrogens is 1. The van der Waals surface area contributed by atoms with Crippen LogP contribution >= 0.6 is 0 Å². The normalized spacial score (nSPS) is 17.5. The molecule has 2 heterocycles. The lowest BCUT2D eigenvalue weighted by Gasteiger charge is -2.33. The van der Waals surface area contributed by atoms with E-state index >= 15 is 0 Å². The lowest BCUT2D eigenvalue weighted by Crippen LogP contribution is -2.37. The molecule has 1 aliphatic rings. The molecule has 0 N–H and O–H groups in total. The first-order chi connectivity index (χ1) is 11.1. The smallest absolute Gasteiger partial charge is 0.200 e. The Morgan fingerprint density at radius 2 is 1.88 bits per heavy atom. The summed E-state index contributed by atoms with van der Waals surface area (Å²) in [7, 11) is -3.40. The summed E-state index contributed by atoms with van der Waals surface area (Å²) in [6.45, 7) is 12.0. The minimum absolute atomic E-state index is 0.147. The Morgan fingerprint density at radius 3 is 2.33 bits per heavy atom. The monoisotopic (exact) mass is 354 g/mol. The second-order valence-corrected chi connectivity index (χ2v) is 10.5. The zero-order valence-corrected chi connectivity index (χ0v) is 16.3. The number of ether oxygens (including phenoxy) is 1. The van der Waals surface area contributed by atoms with Gasteiger partial charge in [-0.3, -0.25) is 0 Å². The molecule has 6 heteroatoms. The van der Waals surface area contributed by atoms with Gasteiger partial charge in [-0.05, 0) is 51.7 Å². The van der Waals surface area contributed by atoms with Crippen molar-refractivity contribution in [2.24, 2.45) is 5.92 Å². The number of nitrogens with zero attached hydrogens (tertiary/aromatic N) is 2. The van der Waals surface area contributed by atoms with E-state index in [9.17, 15) is 8.42 Å². The van der Waals surface area contributed by atoms with Crippen LogP contribution in [0.15, 0.2) is 23.4 Å². The molecule has 0 amide bonds. The standard InChI is InChI=1S/C18H30N2O3S/c1-14(2)13-23-16-8-10-20(11-9-16)15-6-7-17(19-12-15)24(21,22)18(3,4)5/h6-7,12,14,16H,8-11,13H2,1-5H3. The molecule has 1 aliphatic heterocycles. The minimum Gasteiger partial charge on any atom is -0.378 e. The van der Waals surface area contributed by atoms with Crippen molar-refractivity contribution in [3.8, 4) is 0 Å². The molecular formula is C18H30N2O3S. The average Bonchev–Trinajstić information content (AvgIpc) is 2.52. The van der Waals surface area contributed by atoms with Crippen LogP contribution in [0.25, 0.3) is 0 Å². The Morgan fingerprint density at radius 1 is 1.25 bits per heavy atom. The van der Waals surface area contributed by atoms with E-state index in [2.05, 4.69) is 23.7 Å². The van der Waals surface area contributed by atoms with E-state index < -0.39 is 14.6 Å². The van der Waals surface area contributed by atoms with Gasteiger partial charge in [0.05, 0.1) is 22.7 Å². The average molecular weight is 355 g/mol. The lowest BCUT2D eigenvalue weighted by atomic mass is 10.1. The molecule has 0 atom stereocenters. The quantitative estimate of drug-likeness (QED) is 0.812. The fourth-order valence-electron chi connectivity index (χ4n) is 2.64. The lowest BCUT2D eigenvalue weighted by molar-refractivity contribution is 0.0215. The van der Waals surface area contributed by atoms with E-state index in [0.29, 0.717) is 12.0 Å². The van der Waals surface area contributed by atoms with Gasteiger partial charge in [-0.15, -0.1) is 0 Å². The zero-order valence-electron chi connectivity index (χ0n) is 15.4. The second kappa shape index (κ2) is 7.40. The highest BCUT2D eigenvalue weighted by Gasteiger charge is 2.32. The van der Waals surface area contributed by atoms with Gasteiger partial charge in [0.25, 0.3) is 0 Å². The molecular weight excluding hydrogens is 324 g/mol. The minimum atomic E-state index is -3.40. The van der Waals surface area contributed by atoms with Crippen molar-refractivity contribution in [2.75, 3.05) is 24.6 Å². The van der Waals surface area contributed by atoms with Gasteiger partial charge in [0.2, 0.25) is 0 Å². The first-order valence-electron chi connectivity index (χ1n) is 8.68. The van der Waals surface area contributed by atoms with Gasteiger partial charge < -0.3 is 9.64 Å². The maximum atomic E-state index is 12.4. The molecule has 0 saturated carbocycles. The first-order valence-corrected chi connectivity index (χ1v) is 10.2. The maximum Gasteiger partial charge on any atom is 0.200 e. The van der Waals surface area contributed by atoms with E-state index in [1.54, 1.807) is 33.0 Å². The van der Waals surface area contributed by atoms with Crippen LogP contribution in [0.4, 0.5) is 5.69 Å². The number of anilines is 1. The van der Waals surface area contributed by atoms with E-state index in [-0.39, 0.29) is 5.03 Å². The highest BCUT2D eigenvalue weighted by molar-refractivity contribution is 7.92. The maximum absolute atomic E-state index is 12.4. The molecule has 136 valence electrons. The molecule has 1 fully saturated rings. The van der Waals surface area contributed by atoms with E-state index in [1.165, 1.54) is 0 Å². The van der Waals surface area contributed by atoms with Gasteiger partial charge >= 0.3 is 0 Å². The molecule has 24 heavy (non-hydrogen) atoms. The Bertz CT molecular complexity index is 625. The molecule has 0 aliphatic carbocycles. The van der Waals surface area contributed by atoms with Crippen molar-refractivity contribution in [1.29, 1.82) is 0 Å². The molecule has 0 aromatic carbocycles. The van der Waals surface area contributed by atoms with E-state index in [1.807, 2.05) is 6.07 Å². The Balaban J connectivity index is 1.98. The zero-order chi connectivity index (χ0) is 18.0. The third-order valence-corrected chi connectivity index (χ3v) is 6.68. The van der Waals surface area contributed by atoms with Crippen LogP contribution in [0.1, 0.15) is 47.5 Å². The number of hydrogen-bond acceptors (Lipinski definition) is 5. The van der Waals surface area contributed by atoms with E-state index in [0.717, 1.165) is 38.2 Å². The van der Waals surface area contributed by atoms with Gasteiger partial charge in [0, 0.05) is 19.7 Å². The summed E-state index contributed by atoms with van der Waals surface area (Å²) in [4.78, 5) is 6.46. The van der Waals surface area contributed by atoms with Gasteiger partial charge in [-0.1, -0.05) is 13.8 Å². The number of hydrogen-bond donors (Lipinski definition) is 0. The number of piperidine rings is 1. The van der Waals surface area contributed by atoms with Crippen molar-refractivity contribution in [3.05, 3.63) is 18.3 Å². The Hall–Kier alpha value is -1.14. The predicted molar refractivity (Wildman–Crippen MR) is 97.2 cm³/mol. The summed E-state index contributed by atoms with van der Waals surface area (Å²) in [5.74, 6) is 0.560. The van der Waals surface area contributed by atoms with Crippen LogP contribution in [0, 0.1) is 5.92 Å². The summed E-state index contributed by atoms with van der Waals surface area (Å²) in [5, 5.41) is 0.147. The largest absolute Gasteiger partial charge is 0.378 e. The fourth-order valence-corrected chi connectivity index (χ4v) is 3.71. The summed E-state index contributed by atoms with van der Waals surface area (Å²) in [6, 6.07) is 3.48. The third kappa shape index (κ3) is 4.48. The summed E-state index contributed by atoms with van der Waals surface area (Å²) in [5.41, 5.74) is 0.977. The van der Waals surface area contributed by atoms with Crippen LogP contribution in [0.2, 0.25) is 0 Å². The number of pyridine rings is 1. The van der Waals surface area contributed by atoms with Gasteiger partial charge in [-0.25, -0.2) is 13.4 Å². The molecule has 1 saturated heterocycles. The van der Waals surface area contributed by atoms with Crippen LogP contribution in [0.5, 0.6) is 0 Å². The molecule has 0 bridgehead atoms. The first kappa shape index (κ1) is 19.2.